The highest BCUT2D eigenvalue weighted by Gasteiger charge is 2.47. The Hall–Kier alpha value is -4.10. The first-order chi connectivity index (χ1) is 15.9. The molecule has 0 fully saturated rings. The number of hydrogen-bond donors (Lipinski definition) is 1. The van der Waals surface area contributed by atoms with Gasteiger partial charge in [0.05, 0.1) is 5.41 Å². The molecule has 1 aliphatic rings. The number of benzene rings is 5. The smallest absolute Gasteiger partial charge is 0.0733 e. The Kier molecular flexibility index (Phi) is 4.40. The van der Waals surface area contributed by atoms with Crippen molar-refractivity contribution in [3.05, 3.63) is 156 Å². The molecule has 0 aromatic heterocycles. The van der Waals surface area contributed by atoms with Crippen molar-refractivity contribution in [3.8, 4) is 11.1 Å². The zero-order chi connectivity index (χ0) is 21.4. The number of para-hydroxylation sites is 1. The summed E-state index contributed by atoms with van der Waals surface area (Å²) in [7, 11) is 0. The Bertz CT molecular complexity index is 1330. The van der Waals surface area contributed by atoms with Gasteiger partial charge in [0.2, 0.25) is 0 Å². The molecule has 1 nitrogen and oxygen atoms in total. The number of nitrogens with one attached hydrogen (secondary N) is 1. The second-order valence-electron chi connectivity index (χ2n) is 8.25. The maximum absolute atomic E-state index is 3.73. The zero-order valence-corrected chi connectivity index (χ0v) is 17.7. The van der Waals surface area contributed by atoms with E-state index in [9.17, 15) is 0 Å². The first-order valence-electron chi connectivity index (χ1n) is 11.1. The lowest BCUT2D eigenvalue weighted by molar-refractivity contribution is 0.770. The molecule has 0 heterocycles. The third kappa shape index (κ3) is 2.72. The van der Waals surface area contributed by atoms with Crippen molar-refractivity contribution in [3.63, 3.8) is 0 Å². The molecule has 1 N–H and O–H groups in total. The van der Waals surface area contributed by atoms with Crippen LogP contribution in [0.1, 0.15) is 22.3 Å². The summed E-state index contributed by atoms with van der Waals surface area (Å²) in [5.74, 6) is 0. The Balaban J connectivity index is 1.73. The van der Waals surface area contributed by atoms with Crippen LogP contribution in [0.25, 0.3) is 11.1 Å². The summed E-state index contributed by atoms with van der Waals surface area (Å²) in [6.45, 7) is 0. The third-order valence-corrected chi connectivity index (χ3v) is 6.53. The lowest BCUT2D eigenvalue weighted by Gasteiger charge is -2.35. The van der Waals surface area contributed by atoms with Crippen LogP contribution < -0.4 is 5.32 Å². The van der Waals surface area contributed by atoms with Gasteiger partial charge in [-0.05, 0) is 46.0 Å². The van der Waals surface area contributed by atoms with Crippen molar-refractivity contribution in [2.45, 2.75) is 5.41 Å². The van der Waals surface area contributed by atoms with Crippen LogP contribution in [0.5, 0.6) is 0 Å². The number of anilines is 2. The maximum Gasteiger partial charge on any atom is 0.0733 e. The largest absolute Gasteiger partial charge is 0.355 e. The number of rotatable bonds is 4. The summed E-state index contributed by atoms with van der Waals surface area (Å²) in [6.07, 6.45) is 0. The first-order valence-corrected chi connectivity index (χ1v) is 11.1. The van der Waals surface area contributed by atoms with Crippen molar-refractivity contribution in [1.29, 1.82) is 0 Å². The van der Waals surface area contributed by atoms with Gasteiger partial charge >= 0.3 is 0 Å². The lowest BCUT2D eigenvalue weighted by atomic mass is 9.67. The van der Waals surface area contributed by atoms with Gasteiger partial charge in [0.1, 0.15) is 0 Å². The van der Waals surface area contributed by atoms with Crippen LogP contribution in [0.2, 0.25) is 0 Å². The van der Waals surface area contributed by atoms with E-state index >= 15 is 0 Å². The van der Waals surface area contributed by atoms with Gasteiger partial charge in [-0.2, -0.15) is 0 Å². The highest BCUT2D eigenvalue weighted by molar-refractivity contribution is 5.91. The van der Waals surface area contributed by atoms with Crippen LogP contribution in [-0.2, 0) is 5.41 Å². The van der Waals surface area contributed by atoms with E-state index in [1.165, 1.54) is 33.4 Å². The Morgan fingerprint density at radius 3 is 1.62 bits per heavy atom. The first kappa shape index (κ1) is 18.7. The molecule has 5 aromatic carbocycles. The molecular weight excluding hydrogens is 386 g/mol. The van der Waals surface area contributed by atoms with Gasteiger partial charge in [0.15, 0.2) is 0 Å². The molecule has 1 heteroatoms. The standard InChI is InChI=1S/C31H23N/c1-4-13-23(14-5-1)31(24-15-6-2-7-16-24)28-21-11-10-19-26(28)27-20-12-22-29(30(27)31)32-25-17-8-3-9-18-25/h1-22,32H. The fourth-order valence-corrected chi connectivity index (χ4v) is 5.28. The molecule has 0 radical (unpaired) electrons. The monoisotopic (exact) mass is 409 g/mol. The van der Waals surface area contributed by atoms with Gasteiger partial charge in [-0.3, -0.25) is 0 Å². The highest BCUT2D eigenvalue weighted by Crippen LogP contribution is 2.58. The summed E-state index contributed by atoms with van der Waals surface area (Å²) in [5, 5.41) is 3.73. The molecule has 0 unspecified atom stereocenters. The summed E-state index contributed by atoms with van der Waals surface area (Å²) in [6, 6.07) is 47.7. The van der Waals surface area contributed by atoms with Crippen LogP contribution in [0.3, 0.4) is 0 Å². The van der Waals surface area contributed by atoms with Crippen LogP contribution in [-0.4, -0.2) is 0 Å². The average Bonchev–Trinajstić information content (AvgIpc) is 3.18. The zero-order valence-electron chi connectivity index (χ0n) is 17.7. The van der Waals surface area contributed by atoms with E-state index in [4.69, 9.17) is 0 Å². The molecule has 0 saturated heterocycles. The maximum atomic E-state index is 3.73. The van der Waals surface area contributed by atoms with Crippen molar-refractivity contribution < 1.29 is 0 Å². The number of fused-ring (bicyclic) bond motifs is 3. The predicted molar refractivity (Wildman–Crippen MR) is 133 cm³/mol. The van der Waals surface area contributed by atoms with Gasteiger partial charge in [0.25, 0.3) is 0 Å². The molecule has 0 aliphatic heterocycles. The van der Waals surface area contributed by atoms with Crippen molar-refractivity contribution in [1.82, 2.24) is 0 Å². The van der Waals surface area contributed by atoms with E-state index in [0.29, 0.717) is 0 Å². The Morgan fingerprint density at radius 2 is 0.969 bits per heavy atom. The Labute approximate surface area is 189 Å². The van der Waals surface area contributed by atoms with E-state index in [2.05, 4.69) is 139 Å². The summed E-state index contributed by atoms with van der Waals surface area (Å²) in [5.41, 5.74) is 9.61. The van der Waals surface area contributed by atoms with Crippen LogP contribution >= 0.6 is 0 Å². The molecule has 0 saturated carbocycles. The van der Waals surface area contributed by atoms with E-state index in [1.54, 1.807) is 0 Å². The topological polar surface area (TPSA) is 12.0 Å². The minimum atomic E-state index is -0.396. The minimum absolute atomic E-state index is 0.396. The lowest BCUT2D eigenvalue weighted by Crippen LogP contribution is -2.29. The summed E-state index contributed by atoms with van der Waals surface area (Å²) >= 11 is 0. The molecule has 6 rings (SSSR count). The molecule has 5 aromatic rings. The van der Waals surface area contributed by atoms with E-state index in [1.807, 2.05) is 0 Å². The van der Waals surface area contributed by atoms with Gasteiger partial charge in [-0.25, -0.2) is 0 Å². The van der Waals surface area contributed by atoms with Crippen molar-refractivity contribution >= 4 is 11.4 Å². The third-order valence-electron chi connectivity index (χ3n) is 6.53. The summed E-state index contributed by atoms with van der Waals surface area (Å²) in [4.78, 5) is 0. The second-order valence-corrected chi connectivity index (χ2v) is 8.25. The summed E-state index contributed by atoms with van der Waals surface area (Å²) < 4.78 is 0. The predicted octanol–water partition coefficient (Wildman–Crippen LogP) is 7.79. The van der Waals surface area contributed by atoms with Gasteiger partial charge < -0.3 is 5.32 Å². The molecular formula is C31H23N. The fraction of sp³-hybridized carbons (Fsp3) is 0.0323. The quantitative estimate of drug-likeness (QED) is 0.313. The van der Waals surface area contributed by atoms with Crippen LogP contribution in [0, 0.1) is 0 Å². The average molecular weight is 410 g/mol. The van der Waals surface area contributed by atoms with Gasteiger partial charge in [0, 0.05) is 16.9 Å². The van der Waals surface area contributed by atoms with Crippen molar-refractivity contribution in [2.24, 2.45) is 0 Å². The van der Waals surface area contributed by atoms with E-state index < -0.39 is 5.41 Å². The molecule has 0 bridgehead atoms. The normalized spacial score (nSPS) is 13.2. The molecule has 0 amide bonds. The molecule has 152 valence electrons. The molecule has 1 aliphatic carbocycles. The fourth-order valence-electron chi connectivity index (χ4n) is 5.28. The van der Waals surface area contributed by atoms with Crippen LogP contribution in [0.4, 0.5) is 11.4 Å². The van der Waals surface area contributed by atoms with Crippen molar-refractivity contribution in [2.75, 3.05) is 5.32 Å². The minimum Gasteiger partial charge on any atom is -0.355 e. The Morgan fingerprint density at radius 1 is 0.438 bits per heavy atom. The molecule has 32 heavy (non-hydrogen) atoms. The van der Waals surface area contributed by atoms with Gasteiger partial charge in [-0.1, -0.05) is 115 Å². The highest BCUT2D eigenvalue weighted by atomic mass is 14.9. The van der Waals surface area contributed by atoms with Crippen LogP contribution in [0.15, 0.2) is 133 Å². The van der Waals surface area contributed by atoms with E-state index in [0.717, 1.165) is 11.4 Å². The molecule has 0 atom stereocenters. The van der Waals surface area contributed by atoms with Gasteiger partial charge in [-0.15, -0.1) is 0 Å². The number of hydrogen-bond acceptors (Lipinski definition) is 1. The second kappa shape index (κ2) is 7.55. The molecule has 0 spiro atoms. The van der Waals surface area contributed by atoms with E-state index in [-0.39, 0.29) is 0 Å². The SMILES string of the molecule is c1ccc(Nc2cccc3c2C(c2ccccc2)(c2ccccc2)c2ccccc2-3)cc1.